The first kappa shape index (κ1) is 37.5. The molecule has 2 spiro atoms. The fourth-order valence-corrected chi connectivity index (χ4v) is 14.5. The van der Waals surface area contributed by atoms with E-state index in [0.717, 1.165) is 32.2 Å². The van der Waals surface area contributed by atoms with Gasteiger partial charge in [0.1, 0.15) is 6.10 Å². The van der Waals surface area contributed by atoms with Crippen molar-refractivity contribution in [3.8, 4) is 0 Å². The Morgan fingerprint density at radius 2 is 1.74 bits per heavy atom. The molecule has 0 radical (unpaired) electrons. The van der Waals surface area contributed by atoms with E-state index in [2.05, 4.69) is 39.5 Å². The van der Waals surface area contributed by atoms with Gasteiger partial charge in [0, 0.05) is 32.7 Å². The van der Waals surface area contributed by atoms with Crippen LogP contribution < -0.4 is 0 Å². The maximum Gasteiger partial charge on any atom is 0.239 e. The summed E-state index contributed by atoms with van der Waals surface area (Å²) in [6, 6.07) is -0.191. The molecule has 1 amide bonds. The highest BCUT2D eigenvalue weighted by Crippen LogP contribution is 2.89. The molecule has 7 rings (SSSR count). The lowest BCUT2D eigenvalue weighted by atomic mass is 9.41. The van der Waals surface area contributed by atoms with Crippen LogP contribution >= 0.6 is 0 Å². The molecule has 7 aliphatic rings. The van der Waals surface area contributed by atoms with Crippen molar-refractivity contribution in [1.29, 1.82) is 0 Å². The van der Waals surface area contributed by atoms with E-state index in [0.29, 0.717) is 48.8 Å². The molecule has 286 valence electrons. The minimum Gasteiger partial charge on any atom is -0.390 e. The number of hydrogen-bond acceptors (Lipinski definition) is 8. The summed E-state index contributed by atoms with van der Waals surface area (Å²) >= 11 is 0. The third kappa shape index (κ3) is 5.12. The molecule has 5 saturated carbocycles. The standard InChI is InChI=1S/C41H70N2O7/c1-12-47-34(37(6,7)46)26-21-24(2)31-32(49-26)33(44)39(9)28-14-13-27-36(4,5)29(15-16-40(27)23-41(28,40)18-17-38(31,39)8)50-30-22-43(19-20-48-30)25(3)35(45)42(10)11/h24-34,44,46H,12-23H2,1-11H3/t24-,25-,26-,27+,28+,29?,30+,31+,32+,33+,34+,38-,39-,40-,41+/m1/s1. The van der Waals surface area contributed by atoms with Crippen LogP contribution in [0.4, 0.5) is 0 Å². The molecule has 9 nitrogen and oxygen atoms in total. The molecular weight excluding hydrogens is 632 g/mol. The third-order valence-electron chi connectivity index (χ3n) is 16.9. The zero-order valence-corrected chi connectivity index (χ0v) is 33.2. The molecule has 2 heterocycles. The summed E-state index contributed by atoms with van der Waals surface area (Å²) in [7, 11) is 3.64. The number of carbonyl (C=O) groups is 1. The normalized spacial score (nSPS) is 49.4. The van der Waals surface area contributed by atoms with Crippen LogP contribution in [0.15, 0.2) is 0 Å². The number of rotatable bonds is 8. The first-order valence-electron chi connectivity index (χ1n) is 20.2. The summed E-state index contributed by atoms with van der Waals surface area (Å²) in [5, 5.41) is 23.7. The van der Waals surface area contributed by atoms with Gasteiger partial charge in [-0.05, 0) is 124 Å². The van der Waals surface area contributed by atoms with E-state index in [4.69, 9.17) is 18.9 Å². The fourth-order valence-electron chi connectivity index (χ4n) is 14.5. The number of aliphatic hydroxyl groups is 2. The summed E-state index contributed by atoms with van der Waals surface area (Å²) in [4.78, 5) is 16.6. The van der Waals surface area contributed by atoms with Crippen molar-refractivity contribution in [3.05, 3.63) is 0 Å². The van der Waals surface area contributed by atoms with Crippen LogP contribution in [0.1, 0.15) is 114 Å². The molecule has 50 heavy (non-hydrogen) atoms. The molecule has 2 saturated heterocycles. The predicted molar refractivity (Wildman–Crippen MR) is 192 cm³/mol. The lowest BCUT2D eigenvalue weighted by molar-refractivity contribution is -0.250. The SMILES string of the molecule is CCO[C@@H]([C@H]1C[C@@H](C)[C@H]2[C@H](O1)[C@H](O)[C@@]1(C)[C@@H]3CC[C@H]4C(C)(C)C(O[C@H]5CN([C@H](C)C(=O)N(C)C)CCO5)CC[C@@]45C[C@@]35CC[C@]21C)C(C)(C)O. The molecule has 2 N–H and O–H groups in total. The first-order chi connectivity index (χ1) is 23.3. The van der Waals surface area contributed by atoms with Crippen LogP contribution in [0.3, 0.4) is 0 Å². The Bertz CT molecular complexity index is 1300. The Kier molecular flexibility index (Phi) is 9.27. The molecule has 9 heteroatoms. The topological polar surface area (TPSA) is 101 Å². The van der Waals surface area contributed by atoms with E-state index in [-0.39, 0.29) is 58.2 Å². The molecule has 0 bridgehead atoms. The van der Waals surface area contributed by atoms with Gasteiger partial charge in [-0.25, -0.2) is 0 Å². The average molecular weight is 703 g/mol. The highest BCUT2D eigenvalue weighted by molar-refractivity contribution is 5.80. The van der Waals surface area contributed by atoms with Crippen LogP contribution in [0.5, 0.6) is 0 Å². The smallest absolute Gasteiger partial charge is 0.239 e. The molecule has 7 fully saturated rings. The number of morpholine rings is 1. The Hall–Kier alpha value is -0.810. The van der Waals surface area contributed by atoms with Gasteiger partial charge in [0.05, 0.1) is 49.2 Å². The largest absolute Gasteiger partial charge is 0.390 e. The predicted octanol–water partition coefficient (Wildman–Crippen LogP) is 5.50. The van der Waals surface area contributed by atoms with Crippen molar-refractivity contribution in [2.45, 2.75) is 162 Å². The minimum atomic E-state index is -1.03. The van der Waals surface area contributed by atoms with E-state index in [9.17, 15) is 15.0 Å². The highest BCUT2D eigenvalue weighted by atomic mass is 16.7. The van der Waals surface area contributed by atoms with Crippen LogP contribution in [0, 0.1) is 50.7 Å². The van der Waals surface area contributed by atoms with Crippen molar-refractivity contribution >= 4 is 5.91 Å². The second-order valence-electron chi connectivity index (χ2n) is 19.9. The Morgan fingerprint density at radius 3 is 2.40 bits per heavy atom. The first-order valence-corrected chi connectivity index (χ1v) is 20.2. The van der Waals surface area contributed by atoms with Crippen LogP contribution in [-0.4, -0.2) is 115 Å². The molecule has 15 atom stereocenters. The van der Waals surface area contributed by atoms with Crippen molar-refractivity contribution in [1.82, 2.24) is 9.80 Å². The quantitative estimate of drug-likeness (QED) is 0.343. The number of nitrogens with zero attached hydrogens (tertiary/aromatic N) is 2. The Morgan fingerprint density at radius 1 is 1.06 bits per heavy atom. The monoisotopic (exact) mass is 703 g/mol. The van der Waals surface area contributed by atoms with Gasteiger partial charge in [0.15, 0.2) is 6.29 Å². The minimum absolute atomic E-state index is 0.00357. The van der Waals surface area contributed by atoms with Crippen LogP contribution in [0.2, 0.25) is 0 Å². The number of likely N-dealkylation sites (N-methyl/N-ethyl adjacent to an activating group) is 1. The van der Waals surface area contributed by atoms with Gasteiger partial charge in [-0.1, -0.05) is 34.6 Å². The Balaban J connectivity index is 1.10. The molecule has 0 aromatic rings. The number of fused-ring (bicyclic) bond motifs is 4. The van der Waals surface area contributed by atoms with Gasteiger partial charge in [-0.2, -0.15) is 0 Å². The molecule has 2 aliphatic heterocycles. The van der Waals surface area contributed by atoms with Crippen molar-refractivity contribution in [3.63, 3.8) is 0 Å². The van der Waals surface area contributed by atoms with Crippen molar-refractivity contribution in [2.75, 3.05) is 40.4 Å². The lowest BCUT2D eigenvalue weighted by Gasteiger charge is -2.64. The summed E-state index contributed by atoms with van der Waals surface area (Å²) in [6.07, 6.45) is 7.39. The van der Waals surface area contributed by atoms with Gasteiger partial charge < -0.3 is 34.1 Å². The maximum atomic E-state index is 12.7. The maximum absolute atomic E-state index is 12.7. The zero-order chi connectivity index (χ0) is 36.4. The van der Waals surface area contributed by atoms with Crippen molar-refractivity contribution in [2.24, 2.45) is 50.7 Å². The molecule has 5 aliphatic carbocycles. The van der Waals surface area contributed by atoms with Gasteiger partial charge in [0.25, 0.3) is 0 Å². The van der Waals surface area contributed by atoms with E-state index in [1.54, 1.807) is 4.90 Å². The van der Waals surface area contributed by atoms with Gasteiger partial charge in [-0.15, -0.1) is 0 Å². The van der Waals surface area contributed by atoms with Crippen molar-refractivity contribution < 1.29 is 34.0 Å². The second kappa shape index (κ2) is 12.4. The van der Waals surface area contributed by atoms with Gasteiger partial charge in [0.2, 0.25) is 5.91 Å². The molecule has 0 aromatic carbocycles. The molecule has 0 aromatic heterocycles. The lowest BCUT2D eigenvalue weighted by Crippen LogP contribution is -2.60. The molecular formula is C41H70N2O7. The highest BCUT2D eigenvalue weighted by Gasteiger charge is 2.84. The average Bonchev–Trinajstić information content (AvgIpc) is 3.68. The van der Waals surface area contributed by atoms with Crippen LogP contribution in [-0.2, 0) is 23.7 Å². The fraction of sp³-hybridized carbons (Fsp3) is 0.976. The van der Waals surface area contributed by atoms with Gasteiger partial charge >= 0.3 is 0 Å². The molecule has 1 unspecified atom stereocenters. The van der Waals surface area contributed by atoms with E-state index >= 15 is 0 Å². The third-order valence-corrected chi connectivity index (χ3v) is 16.9. The summed E-state index contributed by atoms with van der Waals surface area (Å²) in [6.45, 7) is 22.3. The second-order valence-corrected chi connectivity index (χ2v) is 19.9. The van der Waals surface area contributed by atoms with E-state index < -0.39 is 17.8 Å². The number of ether oxygens (including phenoxy) is 4. The number of carbonyl (C=O) groups excluding carboxylic acids is 1. The number of hydrogen-bond donors (Lipinski definition) is 2. The number of aliphatic hydroxyl groups excluding tert-OH is 1. The van der Waals surface area contributed by atoms with E-state index in [1.165, 1.54) is 25.7 Å². The Labute approximate surface area is 302 Å². The van der Waals surface area contributed by atoms with Crippen LogP contribution in [0.25, 0.3) is 0 Å². The van der Waals surface area contributed by atoms with E-state index in [1.807, 2.05) is 41.8 Å². The zero-order valence-electron chi connectivity index (χ0n) is 33.2. The summed E-state index contributed by atoms with van der Waals surface area (Å²) < 4.78 is 26.2. The summed E-state index contributed by atoms with van der Waals surface area (Å²) in [5.41, 5.74) is -0.685. The summed E-state index contributed by atoms with van der Waals surface area (Å²) in [5.74, 6) is 1.83. The number of amides is 1. The van der Waals surface area contributed by atoms with Gasteiger partial charge in [-0.3, -0.25) is 9.69 Å².